The van der Waals surface area contributed by atoms with E-state index >= 15 is 0 Å². The molecule has 1 saturated heterocycles. The lowest BCUT2D eigenvalue weighted by molar-refractivity contribution is -0.0135. The summed E-state index contributed by atoms with van der Waals surface area (Å²) in [5, 5.41) is 6.86. The van der Waals surface area contributed by atoms with E-state index in [0.29, 0.717) is 30.6 Å². The average Bonchev–Trinajstić information content (AvgIpc) is 2.71. The predicted octanol–water partition coefficient (Wildman–Crippen LogP) is 4.01. The Balaban J connectivity index is 1.10. The monoisotopic (exact) mass is 465 g/mol. The number of halogens is 1. The number of urea groups is 1. The number of carbonyl (C=O) groups is 1. The quantitative estimate of drug-likeness (QED) is 0.689. The number of rotatable bonds is 5. The van der Waals surface area contributed by atoms with E-state index in [0.717, 1.165) is 49.9 Å². The van der Waals surface area contributed by atoms with E-state index in [9.17, 15) is 13.2 Å². The Hall–Kier alpha value is -1.31. The smallest absolute Gasteiger partial charge is 0.315 e. The van der Waals surface area contributed by atoms with Gasteiger partial charge in [0, 0.05) is 30.2 Å². The zero-order valence-electron chi connectivity index (χ0n) is 17.9. The zero-order chi connectivity index (χ0) is 21.6. The summed E-state index contributed by atoms with van der Waals surface area (Å²) in [5.74, 6) is 2.71. The molecule has 31 heavy (non-hydrogen) atoms. The minimum absolute atomic E-state index is 0.0211. The van der Waals surface area contributed by atoms with Crippen LogP contribution in [0.15, 0.2) is 29.2 Å². The second-order valence-corrected chi connectivity index (χ2v) is 12.7. The highest BCUT2D eigenvalue weighted by Gasteiger charge is 2.51. The maximum Gasteiger partial charge on any atom is 0.315 e. The van der Waals surface area contributed by atoms with Crippen molar-refractivity contribution < 1.29 is 13.2 Å². The van der Waals surface area contributed by atoms with Crippen LogP contribution in [0.5, 0.6) is 0 Å². The lowest BCUT2D eigenvalue weighted by Gasteiger charge is -2.56. The Bertz CT molecular complexity index is 908. The van der Waals surface area contributed by atoms with Gasteiger partial charge in [-0.05, 0) is 93.2 Å². The van der Waals surface area contributed by atoms with Crippen LogP contribution in [0, 0.1) is 23.7 Å². The second kappa shape index (κ2) is 8.23. The van der Waals surface area contributed by atoms with Crippen LogP contribution in [0.4, 0.5) is 4.79 Å². The third-order valence-electron chi connectivity index (χ3n) is 7.98. The van der Waals surface area contributed by atoms with E-state index in [-0.39, 0.29) is 16.5 Å². The highest BCUT2D eigenvalue weighted by Crippen LogP contribution is 2.55. The molecule has 6 rings (SSSR count). The molecule has 0 radical (unpaired) electrons. The fourth-order valence-electron chi connectivity index (χ4n) is 6.92. The van der Waals surface area contributed by atoms with Crippen molar-refractivity contribution in [1.29, 1.82) is 0 Å². The molecule has 1 aromatic rings. The molecular weight excluding hydrogens is 434 g/mol. The van der Waals surface area contributed by atoms with E-state index < -0.39 is 10.0 Å². The van der Waals surface area contributed by atoms with Crippen molar-refractivity contribution in [2.45, 2.75) is 61.8 Å². The van der Waals surface area contributed by atoms with Crippen molar-refractivity contribution in [1.82, 2.24) is 14.9 Å². The number of amides is 2. The normalized spacial score (nSPS) is 33.4. The number of nitrogens with zero attached hydrogens (tertiary/aromatic N) is 1. The van der Waals surface area contributed by atoms with Crippen LogP contribution < -0.4 is 10.6 Å². The van der Waals surface area contributed by atoms with Crippen molar-refractivity contribution >= 4 is 27.7 Å². The number of hydrogen-bond acceptors (Lipinski definition) is 3. The van der Waals surface area contributed by atoms with Gasteiger partial charge < -0.3 is 10.6 Å². The third kappa shape index (κ3) is 4.46. The molecule has 0 unspecified atom stereocenters. The average molecular weight is 466 g/mol. The van der Waals surface area contributed by atoms with Crippen LogP contribution in [-0.4, -0.2) is 43.9 Å². The summed E-state index contributed by atoms with van der Waals surface area (Å²) < 4.78 is 27.2. The van der Waals surface area contributed by atoms with Gasteiger partial charge in [-0.25, -0.2) is 13.2 Å². The summed E-state index contributed by atoms with van der Waals surface area (Å²) in [7, 11) is -3.52. The molecule has 6 nitrogen and oxygen atoms in total. The summed E-state index contributed by atoms with van der Waals surface area (Å²) in [4.78, 5) is 12.9. The van der Waals surface area contributed by atoms with E-state index in [1.165, 1.54) is 29.6 Å². The van der Waals surface area contributed by atoms with Crippen molar-refractivity contribution in [3.8, 4) is 0 Å². The summed E-state index contributed by atoms with van der Waals surface area (Å²) >= 11 is 5.97. The van der Waals surface area contributed by atoms with Crippen molar-refractivity contribution in [2.75, 3.05) is 19.6 Å². The zero-order valence-corrected chi connectivity index (χ0v) is 19.4. The Morgan fingerprint density at radius 2 is 1.68 bits per heavy atom. The largest absolute Gasteiger partial charge is 0.338 e. The molecule has 0 aromatic heterocycles. The van der Waals surface area contributed by atoms with E-state index in [4.69, 9.17) is 11.6 Å². The molecule has 8 heteroatoms. The van der Waals surface area contributed by atoms with Crippen LogP contribution >= 0.6 is 11.6 Å². The van der Waals surface area contributed by atoms with Crippen LogP contribution in [-0.2, 0) is 10.0 Å². The van der Waals surface area contributed by atoms with Gasteiger partial charge in [-0.3, -0.25) is 0 Å². The Labute approximate surface area is 190 Å². The molecule has 0 atom stereocenters. The van der Waals surface area contributed by atoms with Crippen LogP contribution in [0.3, 0.4) is 0 Å². The first kappa shape index (κ1) is 21.5. The topological polar surface area (TPSA) is 78.5 Å². The van der Waals surface area contributed by atoms with Crippen LogP contribution in [0.25, 0.3) is 0 Å². The lowest BCUT2D eigenvalue weighted by atomic mass is 9.53. The molecule has 4 saturated carbocycles. The Morgan fingerprint density at radius 3 is 2.26 bits per heavy atom. The Kier molecular flexibility index (Phi) is 5.72. The minimum atomic E-state index is -3.52. The van der Waals surface area contributed by atoms with E-state index in [1.807, 2.05) is 0 Å². The van der Waals surface area contributed by atoms with Crippen LogP contribution in [0.1, 0.15) is 51.4 Å². The summed E-state index contributed by atoms with van der Waals surface area (Å²) in [5.41, 5.74) is 0.0211. The first-order chi connectivity index (χ1) is 14.8. The number of nitrogens with one attached hydrogen (secondary N) is 2. The summed E-state index contributed by atoms with van der Waals surface area (Å²) in [6.45, 7) is 1.54. The van der Waals surface area contributed by atoms with E-state index in [1.54, 1.807) is 18.2 Å². The fraction of sp³-hybridized carbons (Fsp3) is 0.696. The van der Waals surface area contributed by atoms with Crippen LogP contribution in [0.2, 0.25) is 5.02 Å². The van der Waals surface area contributed by atoms with Gasteiger partial charge in [-0.15, -0.1) is 0 Å². The summed E-state index contributed by atoms with van der Waals surface area (Å²) in [6.07, 6.45) is 9.01. The molecule has 2 N–H and O–H groups in total. The summed E-state index contributed by atoms with van der Waals surface area (Å²) in [6, 6.07) is 6.38. The first-order valence-electron chi connectivity index (χ1n) is 11.6. The molecule has 1 aliphatic heterocycles. The van der Waals surface area contributed by atoms with E-state index in [2.05, 4.69) is 10.6 Å². The van der Waals surface area contributed by atoms with Gasteiger partial charge in [0.1, 0.15) is 0 Å². The maximum absolute atomic E-state index is 12.9. The van der Waals surface area contributed by atoms with Crippen molar-refractivity contribution in [3.05, 3.63) is 29.3 Å². The van der Waals surface area contributed by atoms with Gasteiger partial charge in [-0.2, -0.15) is 4.31 Å². The molecule has 170 valence electrons. The van der Waals surface area contributed by atoms with Crippen molar-refractivity contribution in [2.24, 2.45) is 23.7 Å². The fourth-order valence-corrected chi connectivity index (χ4v) is 8.69. The standard InChI is InChI=1S/C23H32ClN3O3S/c24-20-2-1-3-21(11-20)31(29,30)27-6-4-16(5-7-27)15-25-22(28)26-23-12-17-8-18(13-23)10-19(9-17)14-23/h1-3,11,16-19H,4-10,12-15H2,(H2,25,26,28). The van der Waals surface area contributed by atoms with Gasteiger partial charge >= 0.3 is 6.03 Å². The number of sulfonamides is 1. The number of piperidine rings is 1. The van der Waals surface area contributed by atoms with Gasteiger partial charge in [0.05, 0.1) is 4.90 Å². The molecule has 5 fully saturated rings. The SMILES string of the molecule is O=C(NCC1CCN(S(=O)(=O)c2cccc(Cl)c2)CC1)NC12CC3CC(CC(C3)C1)C2. The predicted molar refractivity (Wildman–Crippen MR) is 120 cm³/mol. The molecule has 4 bridgehead atoms. The Morgan fingerprint density at radius 1 is 1.06 bits per heavy atom. The maximum atomic E-state index is 12.9. The molecular formula is C23H32ClN3O3S. The molecule has 4 aliphatic carbocycles. The number of benzene rings is 1. The molecule has 0 spiro atoms. The highest BCUT2D eigenvalue weighted by atomic mass is 35.5. The molecule has 1 aromatic carbocycles. The minimum Gasteiger partial charge on any atom is -0.338 e. The number of carbonyl (C=O) groups excluding carboxylic acids is 1. The molecule has 5 aliphatic rings. The van der Waals surface area contributed by atoms with Gasteiger partial charge in [-0.1, -0.05) is 17.7 Å². The lowest BCUT2D eigenvalue weighted by Crippen LogP contribution is -2.61. The highest BCUT2D eigenvalue weighted by molar-refractivity contribution is 7.89. The second-order valence-electron chi connectivity index (χ2n) is 10.3. The van der Waals surface area contributed by atoms with Gasteiger partial charge in [0.2, 0.25) is 10.0 Å². The van der Waals surface area contributed by atoms with Crippen molar-refractivity contribution in [3.63, 3.8) is 0 Å². The van der Waals surface area contributed by atoms with Gasteiger partial charge in [0.25, 0.3) is 0 Å². The van der Waals surface area contributed by atoms with Gasteiger partial charge in [0.15, 0.2) is 0 Å². The molecule has 1 heterocycles. The first-order valence-corrected chi connectivity index (χ1v) is 13.4. The number of hydrogen-bond donors (Lipinski definition) is 2. The molecule has 2 amide bonds. The third-order valence-corrected chi connectivity index (χ3v) is 10.1.